The number of carbonyl (C=O) groups excluding carboxylic acids is 1. The van der Waals surface area contributed by atoms with Crippen molar-refractivity contribution in [2.75, 3.05) is 5.73 Å². The van der Waals surface area contributed by atoms with E-state index in [0.29, 0.717) is 12.1 Å². The first-order valence-electron chi connectivity index (χ1n) is 8.36. The van der Waals surface area contributed by atoms with Gasteiger partial charge in [-0.3, -0.25) is 4.79 Å². The fourth-order valence-electron chi connectivity index (χ4n) is 2.52. The zero-order valence-corrected chi connectivity index (χ0v) is 15.6. The lowest BCUT2D eigenvalue weighted by atomic mass is 10.2. The molecule has 0 aliphatic carbocycles. The molecule has 0 atom stereocenters. The first-order valence-corrected chi connectivity index (χ1v) is 9.18. The molecule has 3 aromatic rings. The Morgan fingerprint density at radius 1 is 1.04 bits per heavy atom. The highest BCUT2D eigenvalue weighted by atomic mass is 32.2. The number of hydrogen-bond donors (Lipinski definition) is 2. The van der Waals surface area contributed by atoms with Crippen molar-refractivity contribution in [1.82, 2.24) is 10.3 Å². The van der Waals surface area contributed by atoms with Crippen LogP contribution in [0.4, 0.5) is 5.82 Å². The summed E-state index contributed by atoms with van der Waals surface area (Å²) in [6, 6.07) is 20.0. The summed E-state index contributed by atoms with van der Waals surface area (Å²) in [7, 11) is 0. The van der Waals surface area contributed by atoms with Crippen LogP contribution in [0.5, 0.6) is 0 Å². The molecule has 26 heavy (non-hydrogen) atoms. The molecule has 1 amide bonds. The van der Waals surface area contributed by atoms with Crippen molar-refractivity contribution in [3.63, 3.8) is 0 Å². The molecule has 0 aliphatic heterocycles. The minimum atomic E-state index is -0.214. The van der Waals surface area contributed by atoms with Crippen LogP contribution in [0.3, 0.4) is 0 Å². The maximum absolute atomic E-state index is 12.3. The van der Waals surface area contributed by atoms with Gasteiger partial charge < -0.3 is 11.1 Å². The first-order chi connectivity index (χ1) is 12.5. The lowest BCUT2D eigenvalue weighted by Gasteiger charge is -2.09. The standard InChI is InChI=1S/C21H21N3OS/c1-14-5-3-4-6-19(14)26-17-10-8-16(9-11-17)13-23-21(25)18-12-7-15(2)24-20(18)22/h3-12H,13H2,1-2H3,(H2,22,24)(H,23,25). The highest BCUT2D eigenvalue weighted by molar-refractivity contribution is 7.99. The molecular weight excluding hydrogens is 342 g/mol. The van der Waals surface area contributed by atoms with E-state index in [1.807, 2.05) is 31.2 Å². The van der Waals surface area contributed by atoms with Gasteiger partial charge in [-0.15, -0.1) is 0 Å². The second-order valence-corrected chi connectivity index (χ2v) is 7.19. The van der Waals surface area contributed by atoms with Crippen LogP contribution >= 0.6 is 11.8 Å². The maximum Gasteiger partial charge on any atom is 0.255 e. The van der Waals surface area contributed by atoms with Crippen LogP contribution in [-0.4, -0.2) is 10.9 Å². The smallest absolute Gasteiger partial charge is 0.255 e. The number of hydrogen-bond acceptors (Lipinski definition) is 4. The summed E-state index contributed by atoms with van der Waals surface area (Å²) in [5.41, 5.74) is 9.31. The van der Waals surface area contributed by atoms with Crippen LogP contribution < -0.4 is 11.1 Å². The largest absolute Gasteiger partial charge is 0.383 e. The Kier molecular flexibility index (Phi) is 5.58. The SMILES string of the molecule is Cc1ccc(C(=O)NCc2ccc(Sc3ccccc3C)cc2)c(N)n1. The van der Waals surface area contributed by atoms with E-state index in [1.165, 1.54) is 15.4 Å². The topological polar surface area (TPSA) is 68.0 Å². The summed E-state index contributed by atoms with van der Waals surface area (Å²) in [5.74, 6) is 0.0424. The summed E-state index contributed by atoms with van der Waals surface area (Å²) >= 11 is 1.74. The average molecular weight is 363 g/mol. The van der Waals surface area contributed by atoms with Crippen molar-refractivity contribution in [1.29, 1.82) is 0 Å². The minimum absolute atomic E-state index is 0.214. The molecule has 0 saturated carbocycles. The molecule has 3 N–H and O–H groups in total. The van der Waals surface area contributed by atoms with Crippen LogP contribution in [0.2, 0.25) is 0 Å². The highest BCUT2D eigenvalue weighted by Gasteiger charge is 2.10. The third-order valence-electron chi connectivity index (χ3n) is 4.01. The summed E-state index contributed by atoms with van der Waals surface area (Å²) in [6.45, 7) is 4.40. The number of benzene rings is 2. The van der Waals surface area contributed by atoms with Crippen LogP contribution in [0, 0.1) is 13.8 Å². The van der Waals surface area contributed by atoms with Gasteiger partial charge in [-0.05, 0) is 55.3 Å². The second kappa shape index (κ2) is 8.06. The third kappa shape index (κ3) is 4.43. The van der Waals surface area contributed by atoms with Crippen molar-refractivity contribution in [3.05, 3.63) is 83.0 Å². The molecule has 0 bridgehead atoms. The molecule has 132 valence electrons. The molecular formula is C21H21N3OS. The van der Waals surface area contributed by atoms with Gasteiger partial charge in [0.05, 0.1) is 5.56 Å². The lowest BCUT2D eigenvalue weighted by Crippen LogP contribution is -2.24. The van der Waals surface area contributed by atoms with Crippen molar-refractivity contribution >= 4 is 23.5 Å². The van der Waals surface area contributed by atoms with Crippen molar-refractivity contribution in [2.24, 2.45) is 0 Å². The van der Waals surface area contributed by atoms with E-state index in [0.717, 1.165) is 11.3 Å². The Bertz CT molecular complexity index is 923. The number of anilines is 1. The van der Waals surface area contributed by atoms with E-state index >= 15 is 0 Å². The first kappa shape index (κ1) is 18.0. The number of aromatic nitrogens is 1. The highest BCUT2D eigenvalue weighted by Crippen LogP contribution is 2.30. The third-order valence-corrected chi connectivity index (χ3v) is 5.19. The molecule has 0 aliphatic rings. The van der Waals surface area contributed by atoms with E-state index in [-0.39, 0.29) is 11.7 Å². The van der Waals surface area contributed by atoms with Crippen molar-refractivity contribution in [2.45, 2.75) is 30.2 Å². The Morgan fingerprint density at radius 2 is 1.77 bits per heavy atom. The molecule has 0 radical (unpaired) electrons. The predicted octanol–water partition coefficient (Wildman–Crippen LogP) is 4.36. The van der Waals surface area contributed by atoms with E-state index in [2.05, 4.69) is 41.5 Å². The van der Waals surface area contributed by atoms with Crippen molar-refractivity contribution < 1.29 is 4.79 Å². The van der Waals surface area contributed by atoms with Gasteiger partial charge in [0.15, 0.2) is 0 Å². The van der Waals surface area contributed by atoms with E-state index < -0.39 is 0 Å². The summed E-state index contributed by atoms with van der Waals surface area (Å²) in [4.78, 5) is 18.8. The maximum atomic E-state index is 12.3. The second-order valence-electron chi connectivity index (χ2n) is 6.08. The Morgan fingerprint density at radius 3 is 2.46 bits per heavy atom. The molecule has 0 unspecified atom stereocenters. The number of nitrogen functional groups attached to an aromatic ring is 1. The number of nitrogens with one attached hydrogen (secondary N) is 1. The number of carbonyl (C=O) groups is 1. The molecule has 5 heteroatoms. The molecule has 3 rings (SSSR count). The van der Waals surface area contributed by atoms with Crippen LogP contribution in [0.1, 0.15) is 27.2 Å². The molecule has 0 spiro atoms. The summed E-state index contributed by atoms with van der Waals surface area (Å²) < 4.78 is 0. The van der Waals surface area contributed by atoms with Crippen LogP contribution in [0.25, 0.3) is 0 Å². The summed E-state index contributed by atoms with van der Waals surface area (Å²) in [6.07, 6.45) is 0. The van der Waals surface area contributed by atoms with Gasteiger partial charge in [-0.1, -0.05) is 42.1 Å². The Balaban J connectivity index is 1.61. The predicted molar refractivity (Wildman–Crippen MR) is 106 cm³/mol. The fraction of sp³-hybridized carbons (Fsp3) is 0.143. The number of aryl methyl sites for hydroxylation is 2. The average Bonchev–Trinajstić information content (AvgIpc) is 2.63. The Labute approximate surface area is 157 Å². The van der Waals surface area contributed by atoms with E-state index in [9.17, 15) is 4.79 Å². The van der Waals surface area contributed by atoms with Crippen molar-refractivity contribution in [3.8, 4) is 0 Å². The number of nitrogens with zero attached hydrogens (tertiary/aromatic N) is 1. The minimum Gasteiger partial charge on any atom is -0.383 e. The van der Waals surface area contributed by atoms with Gasteiger partial charge in [0.25, 0.3) is 5.91 Å². The van der Waals surface area contributed by atoms with E-state index in [1.54, 1.807) is 23.9 Å². The molecule has 1 aromatic heterocycles. The summed E-state index contributed by atoms with van der Waals surface area (Å²) in [5, 5.41) is 2.89. The molecule has 0 fully saturated rings. The zero-order chi connectivity index (χ0) is 18.5. The van der Waals surface area contributed by atoms with Gasteiger partial charge in [-0.2, -0.15) is 0 Å². The monoisotopic (exact) mass is 363 g/mol. The molecule has 2 aromatic carbocycles. The quantitative estimate of drug-likeness (QED) is 0.707. The molecule has 4 nitrogen and oxygen atoms in total. The van der Waals surface area contributed by atoms with Crippen LogP contribution in [-0.2, 0) is 6.54 Å². The fourth-order valence-corrected chi connectivity index (χ4v) is 3.42. The van der Waals surface area contributed by atoms with Gasteiger partial charge in [0, 0.05) is 22.0 Å². The van der Waals surface area contributed by atoms with Gasteiger partial charge in [0.1, 0.15) is 5.82 Å². The Hall–Kier alpha value is -2.79. The molecule has 0 saturated heterocycles. The number of amides is 1. The normalized spacial score (nSPS) is 10.5. The number of pyridine rings is 1. The van der Waals surface area contributed by atoms with Gasteiger partial charge in [0.2, 0.25) is 0 Å². The van der Waals surface area contributed by atoms with Crippen LogP contribution in [0.15, 0.2) is 70.5 Å². The van der Waals surface area contributed by atoms with E-state index in [4.69, 9.17) is 5.73 Å². The lowest BCUT2D eigenvalue weighted by molar-refractivity contribution is 0.0951. The van der Waals surface area contributed by atoms with Gasteiger partial charge in [-0.25, -0.2) is 4.98 Å². The number of rotatable bonds is 5. The zero-order valence-electron chi connectivity index (χ0n) is 14.8. The number of nitrogens with two attached hydrogens (primary N) is 1. The van der Waals surface area contributed by atoms with Gasteiger partial charge >= 0.3 is 0 Å². The molecule has 1 heterocycles.